The van der Waals surface area contributed by atoms with Crippen molar-refractivity contribution in [2.75, 3.05) is 5.75 Å². The van der Waals surface area contributed by atoms with Crippen molar-refractivity contribution in [1.29, 1.82) is 0 Å². The lowest BCUT2D eigenvalue weighted by Gasteiger charge is -1.93. The Bertz CT molecular complexity index is 451. The zero-order valence-corrected chi connectivity index (χ0v) is 9.50. The number of aromatic carboxylic acids is 1. The molecule has 0 atom stereocenters. The normalized spacial score (nSPS) is 9.06. The number of carboxylic acids is 1. The molecule has 4 heteroatoms. The van der Waals surface area contributed by atoms with Crippen LogP contribution >= 0.6 is 11.8 Å². The van der Waals surface area contributed by atoms with E-state index in [2.05, 4.69) is 11.8 Å². The zero-order chi connectivity index (χ0) is 12.0. The quantitative estimate of drug-likeness (QED) is 0.795. The van der Waals surface area contributed by atoms with Crippen molar-refractivity contribution in [3.05, 3.63) is 35.4 Å². The number of hydrogen-bond donors (Lipinski definition) is 1. The molecule has 0 aliphatic heterocycles. The maximum Gasteiger partial charge on any atom is 0.335 e. The highest BCUT2D eigenvalue weighted by atomic mass is 32.2. The molecule has 0 spiro atoms. The monoisotopic (exact) mass is 234 g/mol. The van der Waals surface area contributed by atoms with Gasteiger partial charge in [0.1, 0.15) is 0 Å². The number of carboxylic acid groups (broad SMARTS) is 1. The van der Waals surface area contributed by atoms with Crippen molar-refractivity contribution in [1.82, 2.24) is 0 Å². The Labute approximate surface area is 97.9 Å². The average molecular weight is 234 g/mol. The van der Waals surface area contributed by atoms with E-state index in [1.807, 2.05) is 0 Å². The number of thioether (sulfide) groups is 1. The van der Waals surface area contributed by atoms with Gasteiger partial charge < -0.3 is 5.11 Å². The topological polar surface area (TPSA) is 54.4 Å². The molecule has 0 radical (unpaired) electrons. The van der Waals surface area contributed by atoms with E-state index in [4.69, 9.17) is 5.11 Å². The van der Waals surface area contributed by atoms with Crippen molar-refractivity contribution in [2.45, 2.75) is 6.92 Å². The van der Waals surface area contributed by atoms with Crippen molar-refractivity contribution in [2.24, 2.45) is 0 Å². The van der Waals surface area contributed by atoms with Gasteiger partial charge in [-0.05, 0) is 24.3 Å². The molecular weight excluding hydrogens is 224 g/mol. The third-order valence-electron chi connectivity index (χ3n) is 1.71. The van der Waals surface area contributed by atoms with Gasteiger partial charge in [-0.3, -0.25) is 4.79 Å². The molecule has 0 heterocycles. The first-order chi connectivity index (χ1) is 7.59. The third kappa shape index (κ3) is 4.20. The highest BCUT2D eigenvalue weighted by Crippen LogP contribution is 2.03. The number of carbonyl (C=O) groups excluding carboxylic acids is 1. The van der Waals surface area contributed by atoms with E-state index in [-0.39, 0.29) is 10.7 Å². The summed E-state index contributed by atoms with van der Waals surface area (Å²) in [7, 11) is 0. The molecule has 0 amide bonds. The molecule has 0 aliphatic carbocycles. The lowest BCUT2D eigenvalue weighted by molar-refractivity contribution is -0.109. The molecule has 1 aromatic carbocycles. The summed E-state index contributed by atoms with van der Waals surface area (Å²) in [6.45, 7) is 1.49. The van der Waals surface area contributed by atoms with E-state index < -0.39 is 5.97 Å². The Hall–Kier alpha value is -1.73. The summed E-state index contributed by atoms with van der Waals surface area (Å²) in [6, 6.07) is 6.30. The molecule has 1 rings (SSSR count). The van der Waals surface area contributed by atoms with Crippen LogP contribution in [0.25, 0.3) is 0 Å². The maximum absolute atomic E-state index is 10.6. The van der Waals surface area contributed by atoms with Crippen LogP contribution in [-0.2, 0) is 4.79 Å². The Kier molecular flexibility index (Phi) is 4.62. The molecule has 16 heavy (non-hydrogen) atoms. The van der Waals surface area contributed by atoms with Gasteiger partial charge in [0.15, 0.2) is 5.12 Å². The summed E-state index contributed by atoms with van der Waals surface area (Å²) in [4.78, 5) is 21.2. The Balaban J connectivity index is 2.61. The van der Waals surface area contributed by atoms with Crippen LogP contribution in [0, 0.1) is 11.8 Å². The minimum atomic E-state index is -0.952. The number of carbonyl (C=O) groups is 2. The molecule has 0 saturated carbocycles. The van der Waals surface area contributed by atoms with Crippen molar-refractivity contribution < 1.29 is 14.7 Å². The molecule has 1 N–H and O–H groups in total. The molecule has 0 aliphatic rings. The first-order valence-corrected chi connectivity index (χ1v) is 5.54. The minimum Gasteiger partial charge on any atom is -0.478 e. The van der Waals surface area contributed by atoms with Crippen LogP contribution in [-0.4, -0.2) is 21.9 Å². The van der Waals surface area contributed by atoms with Crippen LogP contribution in [0.2, 0.25) is 0 Å². The number of rotatable bonds is 2. The van der Waals surface area contributed by atoms with E-state index in [0.717, 1.165) is 17.3 Å². The van der Waals surface area contributed by atoms with Gasteiger partial charge in [-0.25, -0.2) is 4.79 Å². The Morgan fingerprint density at radius 3 is 2.44 bits per heavy atom. The standard InChI is InChI=1S/C12H10O3S/c1-9(13)16-8-2-3-10-4-6-11(7-5-10)12(14)15/h4-7H,8H2,1H3,(H,14,15). The fourth-order valence-electron chi connectivity index (χ4n) is 0.972. The highest BCUT2D eigenvalue weighted by Gasteiger charge is 1.99. The van der Waals surface area contributed by atoms with Gasteiger partial charge in [0, 0.05) is 12.5 Å². The molecular formula is C12H10O3S. The Morgan fingerprint density at radius 1 is 1.31 bits per heavy atom. The van der Waals surface area contributed by atoms with E-state index in [0.29, 0.717) is 5.75 Å². The molecule has 0 bridgehead atoms. The third-order valence-corrected chi connectivity index (χ3v) is 2.41. The molecule has 0 saturated heterocycles. The summed E-state index contributed by atoms with van der Waals surface area (Å²) in [5.41, 5.74) is 0.984. The fourth-order valence-corrected chi connectivity index (χ4v) is 1.32. The van der Waals surface area contributed by atoms with E-state index >= 15 is 0 Å². The van der Waals surface area contributed by atoms with Gasteiger partial charge in [-0.1, -0.05) is 23.6 Å². The largest absolute Gasteiger partial charge is 0.478 e. The van der Waals surface area contributed by atoms with Crippen molar-refractivity contribution in [3.8, 4) is 11.8 Å². The molecule has 3 nitrogen and oxygen atoms in total. The highest BCUT2D eigenvalue weighted by molar-refractivity contribution is 8.13. The van der Waals surface area contributed by atoms with Crippen LogP contribution in [0.15, 0.2) is 24.3 Å². The summed E-state index contributed by atoms with van der Waals surface area (Å²) >= 11 is 1.15. The zero-order valence-electron chi connectivity index (χ0n) is 8.69. The number of hydrogen-bond acceptors (Lipinski definition) is 3. The summed E-state index contributed by atoms with van der Waals surface area (Å²) < 4.78 is 0. The van der Waals surface area contributed by atoms with Gasteiger partial charge in [0.25, 0.3) is 0 Å². The molecule has 0 aromatic heterocycles. The van der Waals surface area contributed by atoms with E-state index in [1.54, 1.807) is 12.1 Å². The first-order valence-electron chi connectivity index (χ1n) is 4.55. The second-order valence-corrected chi connectivity index (χ2v) is 4.12. The van der Waals surface area contributed by atoms with Crippen molar-refractivity contribution >= 4 is 22.8 Å². The molecule has 0 unspecified atom stereocenters. The lowest BCUT2D eigenvalue weighted by Crippen LogP contribution is -1.94. The van der Waals surface area contributed by atoms with E-state index in [1.165, 1.54) is 19.1 Å². The van der Waals surface area contributed by atoms with E-state index in [9.17, 15) is 9.59 Å². The maximum atomic E-state index is 10.6. The smallest absolute Gasteiger partial charge is 0.335 e. The van der Waals surface area contributed by atoms with Crippen LogP contribution in [0.3, 0.4) is 0 Å². The van der Waals surface area contributed by atoms with Crippen LogP contribution < -0.4 is 0 Å². The average Bonchev–Trinajstić information content (AvgIpc) is 2.25. The predicted molar refractivity (Wildman–Crippen MR) is 63.4 cm³/mol. The van der Waals surface area contributed by atoms with Gasteiger partial charge in [0.05, 0.1) is 11.3 Å². The van der Waals surface area contributed by atoms with Gasteiger partial charge in [-0.15, -0.1) is 0 Å². The van der Waals surface area contributed by atoms with Gasteiger partial charge in [-0.2, -0.15) is 0 Å². The summed E-state index contributed by atoms with van der Waals surface area (Å²) in [6.07, 6.45) is 0. The molecule has 1 aromatic rings. The fraction of sp³-hybridized carbons (Fsp3) is 0.167. The van der Waals surface area contributed by atoms with Gasteiger partial charge in [0.2, 0.25) is 0 Å². The Morgan fingerprint density at radius 2 is 1.94 bits per heavy atom. The summed E-state index contributed by atoms with van der Waals surface area (Å²) in [5.74, 6) is 5.18. The molecule has 82 valence electrons. The van der Waals surface area contributed by atoms with Gasteiger partial charge >= 0.3 is 5.97 Å². The van der Waals surface area contributed by atoms with Crippen LogP contribution in [0.5, 0.6) is 0 Å². The second kappa shape index (κ2) is 5.99. The summed E-state index contributed by atoms with van der Waals surface area (Å²) in [5, 5.41) is 8.71. The predicted octanol–water partition coefficient (Wildman–Crippen LogP) is 2.02. The minimum absolute atomic E-state index is 0.0375. The van der Waals surface area contributed by atoms with Crippen molar-refractivity contribution in [3.63, 3.8) is 0 Å². The first kappa shape index (κ1) is 12.3. The SMILES string of the molecule is CC(=O)SCC#Cc1ccc(C(=O)O)cc1. The second-order valence-electron chi connectivity index (χ2n) is 2.96. The lowest BCUT2D eigenvalue weighted by atomic mass is 10.1. The number of benzene rings is 1. The van der Waals surface area contributed by atoms with Crippen LogP contribution in [0.4, 0.5) is 0 Å². The van der Waals surface area contributed by atoms with Crippen LogP contribution in [0.1, 0.15) is 22.8 Å². The molecule has 0 fully saturated rings.